The molecule has 7 heteroatoms. The number of fused-ring (bicyclic) bond motifs is 1. The molecule has 0 atom stereocenters. The first-order valence-electron chi connectivity index (χ1n) is 12.9. The number of halogens is 1. The molecule has 188 valence electrons. The van der Waals surface area contributed by atoms with Crippen LogP contribution in [0.3, 0.4) is 0 Å². The van der Waals surface area contributed by atoms with Crippen molar-refractivity contribution in [1.82, 2.24) is 14.8 Å². The third kappa shape index (κ3) is 7.18. The highest BCUT2D eigenvalue weighted by Gasteiger charge is 2.28. The van der Waals surface area contributed by atoms with Crippen molar-refractivity contribution in [3.05, 3.63) is 42.1 Å². The van der Waals surface area contributed by atoms with E-state index >= 15 is 0 Å². The largest absolute Gasteiger partial charge is 0.310 e. The number of carbonyl (C=O) groups is 1. The molecule has 0 bridgehead atoms. The van der Waals surface area contributed by atoms with Crippen molar-refractivity contribution in [2.45, 2.75) is 51.6 Å². The van der Waals surface area contributed by atoms with Crippen molar-refractivity contribution in [3.63, 3.8) is 0 Å². The normalized spacial score (nSPS) is 19.1. The molecule has 2 aliphatic rings. The zero-order chi connectivity index (χ0) is 24.8. The van der Waals surface area contributed by atoms with Crippen molar-refractivity contribution in [2.75, 3.05) is 44.6 Å². The van der Waals surface area contributed by atoms with Gasteiger partial charge in [-0.1, -0.05) is 24.6 Å². The molecule has 1 aromatic heterocycles. The van der Waals surface area contributed by atoms with Crippen LogP contribution in [-0.2, 0) is 4.79 Å². The number of pyridine rings is 1. The predicted octanol–water partition coefficient (Wildman–Crippen LogP) is 5.15. The van der Waals surface area contributed by atoms with E-state index in [4.69, 9.17) is 5.41 Å². The molecule has 6 nitrogen and oxygen atoms in total. The second-order valence-corrected chi connectivity index (χ2v) is 10.6. The molecular formula is C28H38FN5O. The predicted molar refractivity (Wildman–Crippen MR) is 142 cm³/mol. The van der Waals surface area contributed by atoms with E-state index in [0.717, 1.165) is 67.5 Å². The second-order valence-electron chi connectivity index (χ2n) is 10.6. The molecular weight excluding hydrogens is 441 g/mol. The fourth-order valence-corrected chi connectivity index (χ4v) is 5.13. The molecule has 0 aliphatic carbocycles. The van der Waals surface area contributed by atoms with Gasteiger partial charge in [0, 0.05) is 36.8 Å². The average molecular weight is 480 g/mol. The van der Waals surface area contributed by atoms with Crippen LogP contribution in [0.1, 0.15) is 51.5 Å². The number of nitrogens with zero attached hydrogens (tertiary/aromatic N) is 3. The van der Waals surface area contributed by atoms with Crippen molar-refractivity contribution in [2.24, 2.45) is 5.92 Å². The summed E-state index contributed by atoms with van der Waals surface area (Å²) in [4.78, 5) is 21.8. The fraction of sp³-hybridized carbons (Fsp3) is 0.536. The lowest BCUT2D eigenvalue weighted by Gasteiger charge is -2.33. The first kappa shape index (κ1) is 25.5. The topological polar surface area (TPSA) is 72.3 Å². The van der Waals surface area contributed by atoms with Crippen LogP contribution in [0, 0.1) is 11.3 Å². The van der Waals surface area contributed by atoms with Gasteiger partial charge in [0.15, 0.2) is 0 Å². The smallest absolute Gasteiger partial charge is 0.228 e. The maximum atomic E-state index is 13.9. The van der Waals surface area contributed by atoms with Crippen molar-refractivity contribution < 1.29 is 9.18 Å². The maximum Gasteiger partial charge on any atom is 0.228 e. The van der Waals surface area contributed by atoms with Gasteiger partial charge >= 0.3 is 0 Å². The van der Waals surface area contributed by atoms with E-state index in [2.05, 4.69) is 32.2 Å². The number of hydrogen-bond donors (Lipinski definition) is 2. The van der Waals surface area contributed by atoms with Crippen LogP contribution in [0.5, 0.6) is 0 Å². The third-order valence-corrected chi connectivity index (χ3v) is 7.04. The monoisotopic (exact) mass is 479 g/mol. The van der Waals surface area contributed by atoms with Gasteiger partial charge in [0.1, 0.15) is 11.5 Å². The highest BCUT2D eigenvalue weighted by molar-refractivity contribution is 6.09. The van der Waals surface area contributed by atoms with Crippen LogP contribution in [-0.4, -0.2) is 71.8 Å². The Morgan fingerprint density at radius 2 is 1.86 bits per heavy atom. The van der Waals surface area contributed by atoms with Gasteiger partial charge < -0.3 is 15.6 Å². The van der Waals surface area contributed by atoms with Gasteiger partial charge in [0.2, 0.25) is 5.91 Å². The summed E-state index contributed by atoms with van der Waals surface area (Å²) in [6, 6.07) is 8.02. The summed E-state index contributed by atoms with van der Waals surface area (Å²) < 4.78 is 13.9. The Labute approximate surface area is 208 Å². The van der Waals surface area contributed by atoms with Gasteiger partial charge in [-0.05, 0) is 94.4 Å². The highest BCUT2D eigenvalue weighted by Crippen LogP contribution is 2.25. The molecule has 1 aromatic carbocycles. The Morgan fingerprint density at radius 3 is 2.54 bits per heavy atom. The molecule has 2 aliphatic heterocycles. The maximum absolute atomic E-state index is 13.9. The lowest BCUT2D eigenvalue weighted by molar-refractivity contribution is -0.121. The van der Waals surface area contributed by atoms with Crippen LogP contribution >= 0.6 is 0 Å². The van der Waals surface area contributed by atoms with Crippen LogP contribution in [0.4, 0.5) is 10.2 Å². The first-order chi connectivity index (χ1) is 16.8. The quantitative estimate of drug-likeness (QED) is 0.514. The summed E-state index contributed by atoms with van der Waals surface area (Å²) in [5.41, 5.74) is 0.683. The Morgan fingerprint density at radius 1 is 1.11 bits per heavy atom. The lowest BCUT2D eigenvalue weighted by Crippen LogP contribution is -2.43. The van der Waals surface area contributed by atoms with E-state index in [1.165, 1.54) is 25.5 Å². The molecule has 2 aromatic rings. The van der Waals surface area contributed by atoms with E-state index in [1.54, 1.807) is 20.0 Å². The third-order valence-electron chi connectivity index (χ3n) is 7.04. The van der Waals surface area contributed by atoms with Gasteiger partial charge in [-0.15, -0.1) is 0 Å². The molecule has 2 fully saturated rings. The van der Waals surface area contributed by atoms with Gasteiger partial charge in [-0.25, -0.2) is 9.37 Å². The molecule has 0 saturated carbocycles. The van der Waals surface area contributed by atoms with Gasteiger partial charge in [-0.2, -0.15) is 0 Å². The Balaban J connectivity index is 1.40. The van der Waals surface area contributed by atoms with E-state index in [1.807, 2.05) is 18.2 Å². The number of aromatic nitrogens is 1. The summed E-state index contributed by atoms with van der Waals surface area (Å²) in [7, 11) is 0. The molecule has 4 rings (SSSR count). The minimum absolute atomic E-state index is 0.0197. The summed E-state index contributed by atoms with van der Waals surface area (Å²) in [5, 5.41) is 12.9. The molecule has 0 radical (unpaired) electrons. The van der Waals surface area contributed by atoms with Crippen LogP contribution in [0.2, 0.25) is 0 Å². The van der Waals surface area contributed by atoms with Crippen molar-refractivity contribution in [3.8, 4) is 0 Å². The number of anilines is 1. The fourth-order valence-electron chi connectivity index (χ4n) is 5.13. The molecule has 0 spiro atoms. The number of amides is 1. The first-order valence-corrected chi connectivity index (χ1v) is 12.9. The van der Waals surface area contributed by atoms with Crippen molar-refractivity contribution in [1.29, 1.82) is 5.41 Å². The lowest BCUT2D eigenvalue weighted by atomic mass is 9.95. The molecule has 2 N–H and O–H groups in total. The highest BCUT2D eigenvalue weighted by atomic mass is 19.1. The number of hydrogen-bond acceptors (Lipinski definition) is 5. The molecule has 3 heterocycles. The van der Waals surface area contributed by atoms with Crippen LogP contribution in [0.15, 0.2) is 36.5 Å². The minimum atomic E-state index is -1.22. The minimum Gasteiger partial charge on any atom is -0.310 e. The van der Waals surface area contributed by atoms with E-state index in [0.29, 0.717) is 12.4 Å². The van der Waals surface area contributed by atoms with Crippen LogP contribution in [0.25, 0.3) is 16.3 Å². The Bertz CT molecular complexity index is 1060. The SMILES string of the molecule is CC(C)(F)CN1CCC(C(=O)Nc2cc3cc(/C(C=N)=C\CN4CCCCC4)ccc3cn2)CC1. The Hall–Kier alpha value is -2.64. The number of rotatable bonds is 8. The number of allylic oxidation sites excluding steroid dienone is 1. The average Bonchev–Trinajstić information content (AvgIpc) is 2.84. The number of benzene rings is 1. The zero-order valence-corrected chi connectivity index (χ0v) is 21.0. The van der Waals surface area contributed by atoms with Crippen LogP contribution < -0.4 is 5.32 Å². The van der Waals surface area contributed by atoms with Gasteiger partial charge in [0.25, 0.3) is 0 Å². The zero-order valence-electron chi connectivity index (χ0n) is 21.0. The summed E-state index contributed by atoms with van der Waals surface area (Å²) in [6.45, 7) is 8.17. The number of alkyl halides is 1. The molecule has 0 unspecified atom stereocenters. The number of carbonyl (C=O) groups excluding carboxylic acids is 1. The summed E-state index contributed by atoms with van der Waals surface area (Å²) in [6.07, 6.45) is 10.6. The van der Waals surface area contributed by atoms with Gasteiger partial charge in [-0.3, -0.25) is 9.69 Å². The van der Waals surface area contributed by atoms with E-state index in [9.17, 15) is 9.18 Å². The van der Waals surface area contributed by atoms with E-state index in [-0.39, 0.29) is 11.8 Å². The Kier molecular flexibility index (Phi) is 8.29. The summed E-state index contributed by atoms with van der Waals surface area (Å²) in [5.74, 6) is 0.439. The molecule has 35 heavy (non-hydrogen) atoms. The number of likely N-dealkylation sites (tertiary alicyclic amines) is 2. The molecule has 2 saturated heterocycles. The van der Waals surface area contributed by atoms with Gasteiger partial charge in [0.05, 0.1) is 0 Å². The second kappa shape index (κ2) is 11.4. The van der Waals surface area contributed by atoms with Crippen molar-refractivity contribution >= 4 is 34.3 Å². The molecule has 1 amide bonds. The summed E-state index contributed by atoms with van der Waals surface area (Å²) >= 11 is 0. The number of piperidine rings is 2. The van der Waals surface area contributed by atoms with E-state index < -0.39 is 5.67 Å². The standard InChI is InChI=1S/C28H38FN5O/c1-28(2,29)20-34-14-8-21(9-15-34)27(35)32-26-17-25-16-22(6-7-24(25)19-31-26)23(18-30)10-13-33-11-4-3-5-12-33/h6-7,10,16-19,21,30H,3-5,8-9,11-15,20H2,1-2H3,(H,31,32,35)/b23-10-,30-18?. The number of nitrogens with one attached hydrogen (secondary N) is 2.